The minimum Gasteiger partial charge on any atom is -0.395 e. The van der Waals surface area contributed by atoms with Crippen LogP contribution in [0, 0.1) is 6.92 Å². The maximum Gasteiger partial charge on any atom is 0.274 e. The van der Waals surface area contributed by atoms with Gasteiger partial charge in [-0.3, -0.25) is 9.89 Å². The van der Waals surface area contributed by atoms with Gasteiger partial charge in [-0.2, -0.15) is 5.10 Å². The van der Waals surface area contributed by atoms with Crippen LogP contribution >= 0.6 is 0 Å². The number of aromatic nitrogens is 2. The predicted octanol–water partition coefficient (Wildman–Crippen LogP) is 1.59. The lowest BCUT2D eigenvalue weighted by Gasteiger charge is -2.03. The van der Waals surface area contributed by atoms with Crippen molar-refractivity contribution in [2.45, 2.75) is 25.3 Å². The zero-order valence-corrected chi connectivity index (χ0v) is 10.7. The summed E-state index contributed by atoms with van der Waals surface area (Å²) in [6, 6.07) is 10.4. The average Bonchev–Trinajstić information content (AvgIpc) is 3.10. The van der Waals surface area contributed by atoms with Gasteiger partial charge in [0.25, 0.3) is 5.91 Å². The first-order chi connectivity index (χ1) is 9.16. The van der Waals surface area contributed by atoms with Gasteiger partial charge in [-0.1, -0.05) is 30.3 Å². The van der Waals surface area contributed by atoms with Gasteiger partial charge in [0.15, 0.2) is 5.69 Å². The summed E-state index contributed by atoms with van der Waals surface area (Å²) in [7, 11) is 0. The van der Waals surface area contributed by atoms with E-state index >= 15 is 0 Å². The number of carbonyl (C=O) groups is 1. The predicted molar refractivity (Wildman–Crippen MR) is 72.8 cm³/mol. The van der Waals surface area contributed by atoms with Gasteiger partial charge >= 0.3 is 0 Å². The lowest BCUT2D eigenvalue weighted by atomic mass is 10.1. The summed E-state index contributed by atoms with van der Waals surface area (Å²) in [6.07, 6.45) is 0.971. The Hall–Kier alpha value is -2.30. The van der Waals surface area contributed by atoms with Crippen LogP contribution in [0.25, 0.3) is 0 Å². The second-order valence-corrected chi connectivity index (χ2v) is 4.94. The second kappa shape index (κ2) is 4.42. The van der Waals surface area contributed by atoms with E-state index in [0.29, 0.717) is 11.6 Å². The molecule has 2 unspecified atom stereocenters. The number of amides is 1. The van der Waals surface area contributed by atoms with Gasteiger partial charge in [0, 0.05) is 12.0 Å². The number of benzene rings is 1. The molecular weight excluding hydrogens is 240 g/mol. The molecule has 0 spiro atoms. The van der Waals surface area contributed by atoms with E-state index in [9.17, 15) is 4.79 Å². The molecule has 3 rings (SSSR count). The molecule has 1 aliphatic rings. The molecule has 2 atom stereocenters. The number of nitrogens with two attached hydrogens (primary N) is 1. The Morgan fingerprint density at radius 3 is 2.79 bits per heavy atom. The Labute approximate surface area is 111 Å². The van der Waals surface area contributed by atoms with E-state index in [1.165, 1.54) is 5.56 Å². The Kier molecular flexibility index (Phi) is 2.74. The van der Waals surface area contributed by atoms with Crippen LogP contribution in [0.4, 0.5) is 5.69 Å². The number of nitrogen functional groups attached to an aromatic ring is 1. The lowest BCUT2D eigenvalue weighted by Crippen LogP contribution is -2.27. The molecule has 98 valence electrons. The van der Waals surface area contributed by atoms with Crippen LogP contribution < -0.4 is 11.1 Å². The number of nitrogens with zero attached hydrogens (tertiary/aromatic N) is 1. The zero-order valence-electron chi connectivity index (χ0n) is 10.7. The van der Waals surface area contributed by atoms with Crippen molar-refractivity contribution in [2.75, 3.05) is 5.73 Å². The van der Waals surface area contributed by atoms with Crippen LogP contribution in [0.1, 0.15) is 34.1 Å². The van der Waals surface area contributed by atoms with Gasteiger partial charge in [-0.05, 0) is 18.9 Å². The molecule has 1 heterocycles. The van der Waals surface area contributed by atoms with Crippen LogP contribution in [0.15, 0.2) is 30.3 Å². The topological polar surface area (TPSA) is 83.8 Å². The van der Waals surface area contributed by atoms with E-state index in [1.807, 2.05) is 18.2 Å². The number of aryl methyl sites for hydroxylation is 1. The van der Waals surface area contributed by atoms with Crippen molar-refractivity contribution in [3.8, 4) is 0 Å². The average molecular weight is 256 g/mol. The highest BCUT2D eigenvalue weighted by Crippen LogP contribution is 2.40. The monoisotopic (exact) mass is 256 g/mol. The maximum absolute atomic E-state index is 12.0. The Bertz CT molecular complexity index is 605. The molecule has 5 heteroatoms. The number of hydrogen-bond donors (Lipinski definition) is 3. The third-order valence-corrected chi connectivity index (χ3v) is 3.54. The van der Waals surface area contributed by atoms with Crippen molar-refractivity contribution in [2.24, 2.45) is 0 Å². The van der Waals surface area contributed by atoms with Crippen LogP contribution in [0.5, 0.6) is 0 Å². The molecule has 5 nitrogen and oxygen atoms in total. The third-order valence-electron chi connectivity index (χ3n) is 3.54. The number of anilines is 1. The molecule has 1 fully saturated rings. The standard InChI is InChI=1S/C14H16N4O/c1-8-12(15)13(18-17-8)14(19)16-11-7-10(11)9-5-3-2-4-6-9/h2-6,10-11H,7,15H2,1H3,(H,16,19)(H,17,18). The highest BCUT2D eigenvalue weighted by atomic mass is 16.2. The summed E-state index contributed by atoms with van der Waals surface area (Å²) in [5.41, 5.74) is 8.49. The number of nitrogens with one attached hydrogen (secondary N) is 2. The fraction of sp³-hybridized carbons (Fsp3) is 0.286. The number of rotatable bonds is 3. The molecular formula is C14H16N4O. The Morgan fingerprint density at radius 1 is 1.42 bits per heavy atom. The van der Waals surface area contributed by atoms with Crippen molar-refractivity contribution in [3.63, 3.8) is 0 Å². The minimum absolute atomic E-state index is 0.186. The quantitative estimate of drug-likeness (QED) is 0.779. The van der Waals surface area contributed by atoms with E-state index < -0.39 is 0 Å². The van der Waals surface area contributed by atoms with Crippen molar-refractivity contribution < 1.29 is 4.79 Å². The maximum atomic E-state index is 12.0. The summed E-state index contributed by atoms with van der Waals surface area (Å²) < 4.78 is 0. The van der Waals surface area contributed by atoms with Crippen LogP contribution in [0.3, 0.4) is 0 Å². The first-order valence-electron chi connectivity index (χ1n) is 6.33. The van der Waals surface area contributed by atoms with Gasteiger partial charge in [-0.25, -0.2) is 0 Å². The molecule has 4 N–H and O–H groups in total. The van der Waals surface area contributed by atoms with Crippen LogP contribution in [0.2, 0.25) is 0 Å². The molecule has 2 aromatic rings. The highest BCUT2D eigenvalue weighted by molar-refractivity contribution is 5.98. The normalized spacial score (nSPS) is 21.1. The minimum atomic E-state index is -0.203. The summed E-state index contributed by atoms with van der Waals surface area (Å²) in [4.78, 5) is 12.0. The molecule has 19 heavy (non-hydrogen) atoms. The van der Waals surface area contributed by atoms with Crippen molar-refractivity contribution in [3.05, 3.63) is 47.3 Å². The van der Waals surface area contributed by atoms with Crippen LogP contribution in [-0.4, -0.2) is 22.1 Å². The molecule has 0 aliphatic heterocycles. The summed E-state index contributed by atoms with van der Waals surface area (Å²) in [6.45, 7) is 1.79. The third kappa shape index (κ3) is 2.19. The molecule has 0 saturated heterocycles. The smallest absolute Gasteiger partial charge is 0.274 e. The molecule has 1 aromatic heterocycles. The fourth-order valence-corrected chi connectivity index (χ4v) is 2.27. The largest absolute Gasteiger partial charge is 0.395 e. The fourth-order valence-electron chi connectivity index (χ4n) is 2.27. The van der Waals surface area contributed by atoms with E-state index in [1.54, 1.807) is 6.92 Å². The zero-order chi connectivity index (χ0) is 13.4. The van der Waals surface area contributed by atoms with Gasteiger partial charge in [-0.15, -0.1) is 0 Å². The molecule has 0 bridgehead atoms. The van der Waals surface area contributed by atoms with Crippen molar-refractivity contribution in [1.29, 1.82) is 0 Å². The molecule has 1 aliphatic carbocycles. The van der Waals surface area contributed by atoms with Gasteiger partial charge < -0.3 is 11.1 Å². The number of carbonyl (C=O) groups excluding carboxylic acids is 1. The molecule has 1 aromatic carbocycles. The van der Waals surface area contributed by atoms with Gasteiger partial charge in [0.2, 0.25) is 0 Å². The number of H-pyrrole nitrogens is 1. The molecule has 0 radical (unpaired) electrons. The van der Waals surface area contributed by atoms with Crippen molar-refractivity contribution >= 4 is 11.6 Å². The SMILES string of the molecule is Cc1[nH]nc(C(=O)NC2CC2c2ccccc2)c1N. The van der Waals surface area contributed by atoms with Gasteiger partial charge in [0.05, 0.1) is 11.4 Å². The molecule has 1 saturated carbocycles. The number of hydrogen-bond acceptors (Lipinski definition) is 3. The van der Waals surface area contributed by atoms with Crippen LogP contribution in [-0.2, 0) is 0 Å². The van der Waals surface area contributed by atoms with E-state index in [4.69, 9.17) is 5.73 Å². The van der Waals surface area contributed by atoms with E-state index in [0.717, 1.165) is 12.1 Å². The second-order valence-electron chi connectivity index (χ2n) is 4.94. The van der Waals surface area contributed by atoms with E-state index in [2.05, 4.69) is 27.6 Å². The highest BCUT2D eigenvalue weighted by Gasteiger charge is 2.40. The Balaban J connectivity index is 1.65. The number of aromatic amines is 1. The summed E-state index contributed by atoms with van der Waals surface area (Å²) >= 11 is 0. The Morgan fingerprint density at radius 2 is 2.16 bits per heavy atom. The summed E-state index contributed by atoms with van der Waals surface area (Å²) in [5, 5.41) is 9.62. The first-order valence-corrected chi connectivity index (χ1v) is 6.33. The van der Waals surface area contributed by atoms with Gasteiger partial charge in [0.1, 0.15) is 0 Å². The summed E-state index contributed by atoms with van der Waals surface area (Å²) in [5.74, 6) is 0.205. The van der Waals surface area contributed by atoms with Crippen molar-refractivity contribution in [1.82, 2.24) is 15.5 Å². The lowest BCUT2D eigenvalue weighted by molar-refractivity contribution is 0.0946. The first kappa shape index (κ1) is 11.8. The van der Waals surface area contributed by atoms with E-state index in [-0.39, 0.29) is 17.6 Å². The molecule has 1 amide bonds.